The van der Waals surface area contributed by atoms with E-state index in [0.717, 1.165) is 27.8 Å². The molecule has 0 spiro atoms. The zero-order valence-corrected chi connectivity index (χ0v) is 12.6. The molecule has 2 rings (SSSR count). The highest BCUT2D eigenvalue weighted by atomic mass is 35.5. The fourth-order valence-electron chi connectivity index (χ4n) is 2.40. The summed E-state index contributed by atoms with van der Waals surface area (Å²) in [6.45, 7) is 5.74. The lowest BCUT2D eigenvalue weighted by Crippen LogP contribution is -2.02. The Bertz CT molecular complexity index is 597. The molecule has 100 valence electrons. The number of hydrogen-bond donors (Lipinski definition) is 0. The summed E-state index contributed by atoms with van der Waals surface area (Å²) in [6, 6.07) is 8.68. The van der Waals surface area contributed by atoms with Crippen LogP contribution in [0.1, 0.15) is 33.2 Å². The zero-order chi connectivity index (χ0) is 14.2. The summed E-state index contributed by atoms with van der Waals surface area (Å²) in [5, 5.41) is 0.399. The van der Waals surface area contributed by atoms with Gasteiger partial charge >= 0.3 is 0 Å². The minimum Gasteiger partial charge on any atom is -0.207 e. The first kappa shape index (κ1) is 14.4. The highest BCUT2D eigenvalue weighted by Crippen LogP contribution is 2.36. The van der Waals surface area contributed by atoms with Gasteiger partial charge in [-0.25, -0.2) is 4.39 Å². The first-order chi connectivity index (χ1) is 8.90. The number of hydrogen-bond acceptors (Lipinski definition) is 0. The van der Waals surface area contributed by atoms with E-state index in [0.29, 0.717) is 5.02 Å². The average molecular weight is 297 g/mol. The average Bonchev–Trinajstić information content (AvgIpc) is 2.26. The summed E-state index contributed by atoms with van der Waals surface area (Å²) < 4.78 is 13.3. The van der Waals surface area contributed by atoms with Crippen LogP contribution in [0, 0.1) is 26.6 Å². The van der Waals surface area contributed by atoms with E-state index in [9.17, 15) is 4.39 Å². The molecular formula is C16H15Cl2F. The van der Waals surface area contributed by atoms with Crippen LogP contribution in [0.4, 0.5) is 4.39 Å². The molecule has 0 N–H and O–H groups in total. The van der Waals surface area contributed by atoms with Gasteiger partial charge in [0.2, 0.25) is 0 Å². The van der Waals surface area contributed by atoms with E-state index in [4.69, 9.17) is 23.2 Å². The van der Waals surface area contributed by atoms with Crippen LogP contribution in [0.25, 0.3) is 0 Å². The van der Waals surface area contributed by atoms with Gasteiger partial charge in [-0.15, -0.1) is 11.6 Å². The van der Waals surface area contributed by atoms with Crippen LogP contribution >= 0.6 is 23.2 Å². The largest absolute Gasteiger partial charge is 0.207 e. The fourth-order valence-corrected chi connectivity index (χ4v) is 3.22. The number of halogens is 3. The Morgan fingerprint density at radius 1 is 0.947 bits per heavy atom. The standard InChI is InChI=1S/C16H15Cl2F/c1-9-6-12(17)4-5-14(9)16(18)15-10(2)7-13(19)8-11(15)3/h4-8,16H,1-3H3. The highest BCUT2D eigenvalue weighted by Gasteiger charge is 2.18. The molecule has 0 aliphatic carbocycles. The maximum absolute atomic E-state index is 13.3. The lowest BCUT2D eigenvalue weighted by atomic mass is 9.93. The number of aryl methyl sites for hydroxylation is 3. The SMILES string of the molecule is Cc1cc(Cl)ccc1C(Cl)c1c(C)cc(F)cc1C. The monoisotopic (exact) mass is 296 g/mol. The van der Waals surface area contributed by atoms with E-state index < -0.39 is 0 Å². The van der Waals surface area contributed by atoms with Gasteiger partial charge in [0.15, 0.2) is 0 Å². The predicted molar refractivity (Wildman–Crippen MR) is 79.8 cm³/mol. The van der Waals surface area contributed by atoms with Crippen molar-refractivity contribution >= 4 is 23.2 Å². The predicted octanol–water partition coefficient (Wildman–Crippen LogP) is 5.73. The molecule has 0 saturated heterocycles. The Morgan fingerprint density at radius 3 is 2.05 bits per heavy atom. The molecule has 19 heavy (non-hydrogen) atoms. The van der Waals surface area contributed by atoms with Gasteiger partial charge in [-0.2, -0.15) is 0 Å². The van der Waals surface area contributed by atoms with E-state index in [1.807, 2.05) is 39.0 Å². The van der Waals surface area contributed by atoms with Crippen LogP contribution < -0.4 is 0 Å². The van der Waals surface area contributed by atoms with Gasteiger partial charge in [0.25, 0.3) is 0 Å². The molecule has 0 bridgehead atoms. The van der Waals surface area contributed by atoms with Crippen molar-refractivity contribution < 1.29 is 4.39 Å². The highest BCUT2D eigenvalue weighted by molar-refractivity contribution is 6.30. The Morgan fingerprint density at radius 2 is 1.53 bits per heavy atom. The first-order valence-corrected chi connectivity index (χ1v) is 6.88. The molecule has 2 aromatic carbocycles. The lowest BCUT2D eigenvalue weighted by molar-refractivity contribution is 0.624. The third kappa shape index (κ3) is 2.93. The molecule has 0 aliphatic rings. The third-order valence-electron chi connectivity index (χ3n) is 3.32. The molecule has 0 saturated carbocycles. The van der Waals surface area contributed by atoms with Crippen LogP contribution in [0.3, 0.4) is 0 Å². The van der Waals surface area contributed by atoms with E-state index in [1.54, 1.807) is 0 Å². The van der Waals surface area contributed by atoms with Crippen molar-refractivity contribution in [3.8, 4) is 0 Å². The normalized spacial score (nSPS) is 12.5. The van der Waals surface area contributed by atoms with Gasteiger partial charge in [-0.1, -0.05) is 17.7 Å². The molecular weight excluding hydrogens is 282 g/mol. The Labute approximate surface area is 123 Å². The van der Waals surface area contributed by atoms with Crippen molar-refractivity contribution in [2.75, 3.05) is 0 Å². The summed E-state index contributed by atoms with van der Waals surface area (Å²) in [7, 11) is 0. The van der Waals surface area contributed by atoms with Gasteiger partial charge in [0.1, 0.15) is 5.82 Å². The topological polar surface area (TPSA) is 0 Å². The molecule has 0 heterocycles. The Hall–Kier alpha value is -1.05. The van der Waals surface area contributed by atoms with Gasteiger partial charge < -0.3 is 0 Å². The van der Waals surface area contributed by atoms with Gasteiger partial charge in [0, 0.05) is 5.02 Å². The minimum atomic E-state index is -0.294. The molecule has 0 fully saturated rings. The molecule has 2 aromatic rings. The lowest BCUT2D eigenvalue weighted by Gasteiger charge is -2.18. The molecule has 1 atom stereocenters. The third-order valence-corrected chi connectivity index (χ3v) is 4.01. The zero-order valence-electron chi connectivity index (χ0n) is 11.1. The molecule has 0 aromatic heterocycles. The quantitative estimate of drug-likeness (QED) is 0.621. The van der Waals surface area contributed by atoms with Crippen molar-refractivity contribution in [2.45, 2.75) is 26.1 Å². The van der Waals surface area contributed by atoms with Crippen LogP contribution in [0.15, 0.2) is 30.3 Å². The van der Waals surface area contributed by atoms with Crippen LogP contribution in [0.5, 0.6) is 0 Å². The van der Waals surface area contributed by atoms with Crippen molar-refractivity contribution in [1.82, 2.24) is 0 Å². The van der Waals surface area contributed by atoms with Crippen LogP contribution in [-0.2, 0) is 0 Å². The molecule has 0 nitrogen and oxygen atoms in total. The smallest absolute Gasteiger partial charge is 0.123 e. The van der Waals surface area contributed by atoms with E-state index in [1.165, 1.54) is 12.1 Å². The number of benzene rings is 2. The minimum absolute atomic E-state index is 0.226. The second-order valence-electron chi connectivity index (χ2n) is 4.82. The molecule has 1 unspecified atom stereocenters. The number of rotatable bonds is 2. The molecule has 0 radical (unpaired) electrons. The summed E-state index contributed by atoms with van der Waals surface area (Å²) in [5.41, 5.74) is 4.74. The van der Waals surface area contributed by atoms with Crippen molar-refractivity contribution in [3.05, 3.63) is 69.0 Å². The summed E-state index contributed by atoms with van der Waals surface area (Å²) >= 11 is 12.5. The maximum atomic E-state index is 13.3. The molecule has 0 aliphatic heterocycles. The number of alkyl halides is 1. The van der Waals surface area contributed by atoms with Crippen LogP contribution in [0.2, 0.25) is 5.02 Å². The second kappa shape index (κ2) is 5.52. The van der Waals surface area contributed by atoms with Crippen molar-refractivity contribution in [2.24, 2.45) is 0 Å². The van der Waals surface area contributed by atoms with Crippen molar-refractivity contribution in [1.29, 1.82) is 0 Å². The van der Waals surface area contributed by atoms with E-state index >= 15 is 0 Å². The van der Waals surface area contributed by atoms with Gasteiger partial charge in [-0.3, -0.25) is 0 Å². The van der Waals surface area contributed by atoms with E-state index in [2.05, 4.69) is 0 Å². The summed E-state index contributed by atoms with van der Waals surface area (Å²) in [5.74, 6) is -0.226. The Balaban J connectivity index is 2.53. The molecule has 3 heteroatoms. The van der Waals surface area contributed by atoms with Crippen molar-refractivity contribution in [3.63, 3.8) is 0 Å². The Kier molecular flexibility index (Phi) is 4.17. The fraction of sp³-hybridized carbons (Fsp3) is 0.250. The van der Waals surface area contributed by atoms with Gasteiger partial charge in [-0.05, 0) is 72.9 Å². The first-order valence-electron chi connectivity index (χ1n) is 6.07. The second-order valence-corrected chi connectivity index (χ2v) is 5.69. The summed E-state index contributed by atoms with van der Waals surface area (Å²) in [4.78, 5) is 0. The van der Waals surface area contributed by atoms with E-state index in [-0.39, 0.29) is 11.2 Å². The summed E-state index contributed by atoms with van der Waals surface area (Å²) in [6.07, 6.45) is 0. The van der Waals surface area contributed by atoms with Gasteiger partial charge in [0.05, 0.1) is 5.38 Å². The van der Waals surface area contributed by atoms with Crippen LogP contribution in [-0.4, -0.2) is 0 Å². The maximum Gasteiger partial charge on any atom is 0.123 e. The molecule has 0 amide bonds.